The third-order valence-electron chi connectivity index (χ3n) is 5.50. The molecule has 0 fully saturated rings. The first-order valence-corrected chi connectivity index (χ1v) is 11.0. The summed E-state index contributed by atoms with van der Waals surface area (Å²) in [6, 6.07) is 14.3. The summed E-state index contributed by atoms with van der Waals surface area (Å²) in [7, 11) is 1.65. The lowest BCUT2D eigenvalue weighted by molar-refractivity contribution is 0.0948. The van der Waals surface area contributed by atoms with Crippen LogP contribution in [-0.2, 0) is 17.6 Å². The van der Waals surface area contributed by atoms with Gasteiger partial charge < -0.3 is 15.0 Å². The van der Waals surface area contributed by atoms with Crippen LogP contribution in [0.5, 0.6) is 0 Å². The Bertz CT molecular complexity index is 1100. The van der Waals surface area contributed by atoms with Gasteiger partial charge in [-0.15, -0.1) is 0 Å². The lowest BCUT2D eigenvalue weighted by Crippen LogP contribution is -2.26. The fraction of sp³-hybridized carbons (Fsp3) is 0.280. The van der Waals surface area contributed by atoms with Gasteiger partial charge in [0.05, 0.1) is 0 Å². The van der Waals surface area contributed by atoms with Crippen molar-refractivity contribution >= 4 is 29.0 Å². The Labute approximate surface area is 192 Å². The van der Waals surface area contributed by atoms with Crippen molar-refractivity contribution in [2.24, 2.45) is 0 Å². The number of carbonyl (C=O) groups excluding carboxylic acids is 1. The zero-order chi connectivity index (χ0) is 22.5. The van der Waals surface area contributed by atoms with E-state index in [4.69, 9.17) is 16.3 Å². The number of pyridine rings is 1. The van der Waals surface area contributed by atoms with E-state index in [1.165, 1.54) is 12.1 Å². The molecule has 0 unspecified atom stereocenters. The molecule has 7 heteroatoms. The SMILES string of the molecule is COCCCNC(=O)c1cccc2c1CCN2c1cc(Cc2cc(F)cc(Cl)c2)ccn1. The largest absolute Gasteiger partial charge is 0.385 e. The predicted molar refractivity (Wildman–Crippen MR) is 124 cm³/mol. The highest BCUT2D eigenvalue weighted by Crippen LogP contribution is 2.36. The third-order valence-corrected chi connectivity index (χ3v) is 5.72. The zero-order valence-electron chi connectivity index (χ0n) is 17.9. The number of nitrogens with one attached hydrogen (secondary N) is 1. The van der Waals surface area contributed by atoms with Crippen molar-refractivity contribution < 1.29 is 13.9 Å². The topological polar surface area (TPSA) is 54.5 Å². The zero-order valence-corrected chi connectivity index (χ0v) is 18.7. The van der Waals surface area contributed by atoms with Gasteiger partial charge in [0.15, 0.2) is 0 Å². The van der Waals surface area contributed by atoms with Crippen LogP contribution in [0.1, 0.15) is 33.5 Å². The van der Waals surface area contributed by atoms with E-state index in [0.717, 1.165) is 47.6 Å². The van der Waals surface area contributed by atoms with Crippen LogP contribution in [-0.4, -0.2) is 37.7 Å². The van der Waals surface area contributed by atoms with Gasteiger partial charge in [0.25, 0.3) is 5.91 Å². The minimum atomic E-state index is -0.344. The maximum absolute atomic E-state index is 13.7. The molecule has 0 bridgehead atoms. The van der Waals surface area contributed by atoms with Crippen molar-refractivity contribution in [2.75, 3.05) is 31.7 Å². The molecular formula is C25H25ClFN3O2. The fourth-order valence-electron chi connectivity index (χ4n) is 4.07. The van der Waals surface area contributed by atoms with Crippen LogP contribution < -0.4 is 10.2 Å². The number of ether oxygens (including phenoxy) is 1. The van der Waals surface area contributed by atoms with Crippen LogP contribution in [0.4, 0.5) is 15.9 Å². The number of rotatable bonds is 8. The molecule has 1 N–H and O–H groups in total. The molecule has 166 valence electrons. The molecule has 0 atom stereocenters. The molecule has 32 heavy (non-hydrogen) atoms. The van der Waals surface area contributed by atoms with Crippen LogP contribution in [0.15, 0.2) is 54.7 Å². The van der Waals surface area contributed by atoms with Crippen LogP contribution in [0.3, 0.4) is 0 Å². The highest BCUT2D eigenvalue weighted by Gasteiger charge is 2.26. The van der Waals surface area contributed by atoms with E-state index in [9.17, 15) is 9.18 Å². The first-order valence-electron chi connectivity index (χ1n) is 10.6. The molecule has 5 nitrogen and oxygen atoms in total. The normalized spacial score (nSPS) is 12.7. The van der Waals surface area contributed by atoms with Gasteiger partial charge in [0.2, 0.25) is 0 Å². The maximum Gasteiger partial charge on any atom is 0.251 e. The van der Waals surface area contributed by atoms with Crippen molar-refractivity contribution in [3.8, 4) is 0 Å². The first kappa shape index (κ1) is 22.2. The number of aromatic nitrogens is 1. The van der Waals surface area contributed by atoms with E-state index < -0.39 is 0 Å². The summed E-state index contributed by atoms with van der Waals surface area (Å²) < 4.78 is 18.7. The van der Waals surface area contributed by atoms with Gasteiger partial charge in [-0.25, -0.2) is 9.37 Å². The summed E-state index contributed by atoms with van der Waals surface area (Å²) in [5.74, 6) is 0.397. The first-order chi connectivity index (χ1) is 15.5. The number of benzene rings is 2. The number of hydrogen-bond donors (Lipinski definition) is 1. The quantitative estimate of drug-likeness (QED) is 0.491. The van der Waals surface area contributed by atoms with Gasteiger partial charge in [-0.1, -0.05) is 17.7 Å². The van der Waals surface area contributed by atoms with Crippen LogP contribution >= 0.6 is 11.6 Å². The Hall–Kier alpha value is -2.96. The molecule has 0 radical (unpaired) electrons. The molecule has 0 spiro atoms. The van der Waals surface area contributed by atoms with Gasteiger partial charge >= 0.3 is 0 Å². The van der Waals surface area contributed by atoms with Crippen molar-refractivity contribution in [1.82, 2.24) is 10.3 Å². The molecule has 1 aliphatic heterocycles. The average Bonchev–Trinajstić information content (AvgIpc) is 3.20. The van der Waals surface area contributed by atoms with E-state index in [-0.39, 0.29) is 11.7 Å². The van der Waals surface area contributed by atoms with Crippen LogP contribution in [0.2, 0.25) is 5.02 Å². The number of amides is 1. The molecule has 1 aliphatic rings. The molecule has 0 saturated carbocycles. The molecule has 0 saturated heterocycles. The number of carbonyl (C=O) groups is 1. The number of halogens is 2. The lowest BCUT2D eigenvalue weighted by Gasteiger charge is -2.19. The second-order valence-electron chi connectivity index (χ2n) is 7.78. The van der Waals surface area contributed by atoms with Crippen LogP contribution in [0, 0.1) is 5.82 Å². The lowest BCUT2D eigenvalue weighted by atomic mass is 10.0. The summed E-state index contributed by atoms with van der Waals surface area (Å²) >= 11 is 6.00. The molecule has 2 heterocycles. The second-order valence-corrected chi connectivity index (χ2v) is 8.22. The van der Waals surface area contributed by atoms with E-state index in [1.54, 1.807) is 19.4 Å². The standard InChI is InChI=1S/C25H25ClFN3O2/c1-32-11-3-8-29-25(31)22-4-2-5-23-21(22)7-10-30(23)24-15-17(6-9-28-24)12-18-13-19(26)16-20(27)14-18/h2,4-6,9,13-16H,3,7-8,10-12H2,1H3,(H,29,31). The molecule has 1 amide bonds. The number of anilines is 2. The predicted octanol–water partition coefficient (Wildman–Crippen LogP) is 4.93. The summed E-state index contributed by atoms with van der Waals surface area (Å²) in [4.78, 5) is 19.4. The maximum atomic E-state index is 13.7. The number of methoxy groups -OCH3 is 1. The third kappa shape index (κ3) is 5.09. The van der Waals surface area contributed by atoms with E-state index in [1.807, 2.05) is 30.3 Å². The summed E-state index contributed by atoms with van der Waals surface area (Å²) in [6.45, 7) is 1.93. The molecule has 4 rings (SSSR count). The second kappa shape index (κ2) is 10.1. The Morgan fingerprint density at radius 1 is 1.22 bits per heavy atom. The van der Waals surface area contributed by atoms with Gasteiger partial charge in [-0.05, 0) is 78.4 Å². The van der Waals surface area contributed by atoms with Crippen molar-refractivity contribution in [1.29, 1.82) is 0 Å². The van der Waals surface area contributed by atoms with Crippen molar-refractivity contribution in [2.45, 2.75) is 19.3 Å². The monoisotopic (exact) mass is 453 g/mol. The minimum Gasteiger partial charge on any atom is -0.385 e. The summed E-state index contributed by atoms with van der Waals surface area (Å²) in [5, 5.41) is 3.35. The Kier molecular flexibility index (Phi) is 7.02. The Morgan fingerprint density at radius 2 is 2.09 bits per heavy atom. The van der Waals surface area contributed by atoms with E-state index in [2.05, 4.69) is 15.2 Å². The van der Waals surface area contributed by atoms with Gasteiger partial charge in [-0.3, -0.25) is 4.79 Å². The summed E-state index contributed by atoms with van der Waals surface area (Å²) in [5.41, 5.74) is 4.54. The number of hydrogen-bond acceptors (Lipinski definition) is 4. The Morgan fingerprint density at radius 3 is 2.91 bits per heavy atom. The van der Waals surface area contributed by atoms with Crippen molar-refractivity contribution in [3.05, 3.63) is 87.8 Å². The fourth-order valence-corrected chi connectivity index (χ4v) is 4.31. The van der Waals surface area contributed by atoms with Crippen molar-refractivity contribution in [3.63, 3.8) is 0 Å². The number of nitrogens with zero attached hydrogens (tertiary/aromatic N) is 2. The van der Waals surface area contributed by atoms with Gasteiger partial charge in [-0.2, -0.15) is 0 Å². The highest BCUT2D eigenvalue weighted by atomic mass is 35.5. The highest BCUT2D eigenvalue weighted by molar-refractivity contribution is 6.30. The molecule has 0 aliphatic carbocycles. The average molecular weight is 454 g/mol. The molecule has 2 aromatic carbocycles. The summed E-state index contributed by atoms with van der Waals surface area (Å²) in [6.07, 6.45) is 3.85. The molecule has 1 aromatic heterocycles. The van der Waals surface area contributed by atoms with Gasteiger partial charge in [0, 0.05) is 49.3 Å². The number of fused-ring (bicyclic) bond motifs is 1. The van der Waals surface area contributed by atoms with E-state index in [0.29, 0.717) is 30.2 Å². The molecular weight excluding hydrogens is 429 g/mol. The van der Waals surface area contributed by atoms with Gasteiger partial charge in [0.1, 0.15) is 11.6 Å². The smallest absolute Gasteiger partial charge is 0.251 e. The van der Waals surface area contributed by atoms with E-state index >= 15 is 0 Å². The molecule has 3 aromatic rings. The Balaban J connectivity index is 1.53. The van der Waals surface area contributed by atoms with Crippen LogP contribution in [0.25, 0.3) is 0 Å². The minimum absolute atomic E-state index is 0.0653.